The van der Waals surface area contributed by atoms with E-state index >= 15 is 0 Å². The van der Waals surface area contributed by atoms with E-state index in [2.05, 4.69) is 0 Å². The molecule has 2 rings (SSSR count). The molecule has 5 nitrogen and oxygen atoms in total. The number of hydrogen-bond acceptors (Lipinski definition) is 4. The summed E-state index contributed by atoms with van der Waals surface area (Å²) >= 11 is 0. The monoisotopic (exact) mass is 272 g/mol. The molecule has 104 valence electrons. The molecular weight excluding hydrogens is 256 g/mol. The second-order valence-electron chi connectivity index (χ2n) is 4.34. The summed E-state index contributed by atoms with van der Waals surface area (Å²) in [6, 6.07) is 11.4. The van der Waals surface area contributed by atoms with Crippen molar-refractivity contribution in [2.45, 2.75) is 0 Å². The van der Waals surface area contributed by atoms with Gasteiger partial charge in [-0.3, -0.25) is 4.79 Å². The van der Waals surface area contributed by atoms with Crippen LogP contribution in [0.15, 0.2) is 42.5 Å². The Morgan fingerprint density at radius 1 is 1.25 bits per heavy atom. The summed E-state index contributed by atoms with van der Waals surface area (Å²) in [4.78, 5) is 13.9. The second kappa shape index (κ2) is 5.52. The van der Waals surface area contributed by atoms with Crippen molar-refractivity contribution in [2.75, 3.05) is 24.8 Å². The Kier molecular flexibility index (Phi) is 3.79. The fourth-order valence-electron chi connectivity index (χ4n) is 1.85. The first-order chi connectivity index (χ1) is 9.52. The van der Waals surface area contributed by atoms with E-state index in [0.29, 0.717) is 22.7 Å². The third-order valence-electron chi connectivity index (χ3n) is 3.01. The highest BCUT2D eigenvalue weighted by Gasteiger charge is 2.17. The van der Waals surface area contributed by atoms with E-state index in [9.17, 15) is 9.90 Å². The number of anilines is 2. The Morgan fingerprint density at radius 2 is 2.00 bits per heavy atom. The maximum absolute atomic E-state index is 12.5. The molecule has 1 amide bonds. The molecule has 5 heteroatoms. The number of benzene rings is 2. The van der Waals surface area contributed by atoms with Gasteiger partial charge < -0.3 is 20.5 Å². The first-order valence-corrected chi connectivity index (χ1v) is 6.03. The molecule has 0 radical (unpaired) electrons. The fraction of sp³-hybridized carbons (Fsp3) is 0.133. The fourth-order valence-corrected chi connectivity index (χ4v) is 1.85. The Labute approximate surface area is 117 Å². The van der Waals surface area contributed by atoms with Gasteiger partial charge in [0.1, 0.15) is 11.5 Å². The predicted octanol–water partition coefficient (Wildman–Crippen LogP) is 2.26. The predicted molar refractivity (Wildman–Crippen MR) is 78.2 cm³/mol. The second-order valence-corrected chi connectivity index (χ2v) is 4.34. The standard InChI is InChI=1S/C15H16N2O3/c1-17(10-4-3-5-11(18)8-10)15(19)13-9-12(20-2)6-7-14(13)16/h3-9,18H,16H2,1-2H3. The summed E-state index contributed by atoms with van der Waals surface area (Å²) in [6.07, 6.45) is 0. The lowest BCUT2D eigenvalue weighted by Crippen LogP contribution is -2.27. The SMILES string of the molecule is COc1ccc(N)c(C(=O)N(C)c2cccc(O)c2)c1. The van der Waals surface area contributed by atoms with Crippen molar-refractivity contribution in [3.63, 3.8) is 0 Å². The summed E-state index contributed by atoms with van der Waals surface area (Å²) in [7, 11) is 3.15. The molecule has 0 aliphatic heterocycles. The molecule has 20 heavy (non-hydrogen) atoms. The molecule has 0 fully saturated rings. The number of phenolic OH excluding ortho intramolecular Hbond substituents is 1. The topological polar surface area (TPSA) is 75.8 Å². The van der Waals surface area contributed by atoms with Crippen molar-refractivity contribution in [1.82, 2.24) is 0 Å². The van der Waals surface area contributed by atoms with Crippen LogP contribution < -0.4 is 15.4 Å². The molecule has 3 N–H and O–H groups in total. The molecule has 0 atom stereocenters. The van der Waals surface area contributed by atoms with Gasteiger partial charge >= 0.3 is 0 Å². The van der Waals surface area contributed by atoms with Gasteiger partial charge in [0.15, 0.2) is 0 Å². The van der Waals surface area contributed by atoms with E-state index in [-0.39, 0.29) is 11.7 Å². The number of hydrogen-bond donors (Lipinski definition) is 2. The highest BCUT2D eigenvalue weighted by atomic mass is 16.5. The number of nitrogens with two attached hydrogens (primary N) is 1. The summed E-state index contributed by atoms with van der Waals surface area (Å²) in [6.45, 7) is 0. The van der Waals surface area contributed by atoms with Crippen LogP contribution >= 0.6 is 0 Å². The van der Waals surface area contributed by atoms with Crippen molar-refractivity contribution in [3.8, 4) is 11.5 Å². The summed E-state index contributed by atoms with van der Waals surface area (Å²) in [5.74, 6) is 0.389. The number of phenols is 1. The third-order valence-corrected chi connectivity index (χ3v) is 3.01. The van der Waals surface area contributed by atoms with Crippen LogP contribution in [0.3, 0.4) is 0 Å². The zero-order valence-corrected chi connectivity index (χ0v) is 11.3. The lowest BCUT2D eigenvalue weighted by molar-refractivity contribution is 0.0993. The number of nitrogen functional groups attached to an aromatic ring is 1. The normalized spacial score (nSPS) is 10.1. The Bertz CT molecular complexity index is 641. The number of aromatic hydroxyl groups is 1. The third kappa shape index (κ3) is 2.66. The largest absolute Gasteiger partial charge is 0.508 e. The summed E-state index contributed by atoms with van der Waals surface area (Å²) < 4.78 is 5.10. The van der Waals surface area contributed by atoms with Crippen LogP contribution in [0.25, 0.3) is 0 Å². The average Bonchev–Trinajstić information content (AvgIpc) is 2.46. The molecule has 0 unspecified atom stereocenters. The van der Waals surface area contributed by atoms with Gasteiger partial charge in [-0.15, -0.1) is 0 Å². The van der Waals surface area contributed by atoms with E-state index in [4.69, 9.17) is 10.5 Å². The van der Waals surface area contributed by atoms with Gasteiger partial charge in [0.25, 0.3) is 5.91 Å². The van der Waals surface area contributed by atoms with Crippen LogP contribution in [-0.4, -0.2) is 25.2 Å². The molecule has 2 aromatic rings. The van der Waals surface area contributed by atoms with Gasteiger partial charge in [0.2, 0.25) is 0 Å². The molecule has 0 saturated heterocycles. The van der Waals surface area contributed by atoms with Gasteiger partial charge in [-0.1, -0.05) is 6.07 Å². The van der Waals surface area contributed by atoms with Gasteiger partial charge in [-0.05, 0) is 30.3 Å². The van der Waals surface area contributed by atoms with Crippen molar-refractivity contribution in [1.29, 1.82) is 0 Å². The molecule has 0 bridgehead atoms. The quantitative estimate of drug-likeness (QED) is 0.840. The van der Waals surface area contributed by atoms with Gasteiger partial charge in [0.05, 0.1) is 12.7 Å². The summed E-state index contributed by atoms with van der Waals surface area (Å²) in [5, 5.41) is 9.47. The van der Waals surface area contributed by atoms with Crippen molar-refractivity contribution >= 4 is 17.3 Å². The molecule has 0 aliphatic rings. The van der Waals surface area contributed by atoms with Crippen LogP contribution in [-0.2, 0) is 0 Å². The van der Waals surface area contributed by atoms with E-state index in [1.165, 1.54) is 18.1 Å². The zero-order valence-electron chi connectivity index (χ0n) is 11.3. The number of amides is 1. The van der Waals surface area contributed by atoms with Crippen LogP contribution in [0.5, 0.6) is 11.5 Å². The molecular formula is C15H16N2O3. The Morgan fingerprint density at radius 3 is 2.65 bits per heavy atom. The minimum Gasteiger partial charge on any atom is -0.508 e. The number of carbonyl (C=O) groups excluding carboxylic acids is 1. The van der Waals surface area contributed by atoms with Crippen LogP contribution in [0.4, 0.5) is 11.4 Å². The van der Waals surface area contributed by atoms with E-state index in [0.717, 1.165) is 0 Å². The Balaban J connectivity index is 2.36. The number of rotatable bonds is 3. The van der Waals surface area contributed by atoms with Gasteiger partial charge in [-0.2, -0.15) is 0 Å². The highest BCUT2D eigenvalue weighted by molar-refractivity contribution is 6.09. The van der Waals surface area contributed by atoms with Crippen molar-refractivity contribution in [3.05, 3.63) is 48.0 Å². The van der Waals surface area contributed by atoms with E-state index in [1.807, 2.05) is 0 Å². The zero-order chi connectivity index (χ0) is 14.7. The van der Waals surface area contributed by atoms with Crippen LogP contribution in [0, 0.1) is 0 Å². The number of methoxy groups -OCH3 is 1. The van der Waals surface area contributed by atoms with Gasteiger partial charge in [-0.25, -0.2) is 0 Å². The molecule has 0 heterocycles. The first kappa shape index (κ1) is 13.7. The van der Waals surface area contributed by atoms with Crippen molar-refractivity contribution < 1.29 is 14.6 Å². The molecule has 0 aromatic heterocycles. The molecule has 0 spiro atoms. The molecule has 0 saturated carbocycles. The molecule has 0 aliphatic carbocycles. The lowest BCUT2D eigenvalue weighted by atomic mass is 10.1. The smallest absolute Gasteiger partial charge is 0.260 e. The highest BCUT2D eigenvalue weighted by Crippen LogP contribution is 2.24. The van der Waals surface area contributed by atoms with Crippen LogP contribution in [0.2, 0.25) is 0 Å². The first-order valence-electron chi connectivity index (χ1n) is 6.03. The number of ether oxygens (including phenoxy) is 1. The van der Waals surface area contributed by atoms with E-state index in [1.54, 1.807) is 43.4 Å². The Hall–Kier alpha value is -2.69. The minimum absolute atomic E-state index is 0.0979. The van der Waals surface area contributed by atoms with Gasteiger partial charge in [0, 0.05) is 24.5 Å². The summed E-state index contributed by atoms with van der Waals surface area (Å²) in [5.41, 5.74) is 7.15. The maximum atomic E-state index is 12.5. The number of carbonyl (C=O) groups is 1. The minimum atomic E-state index is -0.271. The molecule has 2 aromatic carbocycles. The lowest BCUT2D eigenvalue weighted by Gasteiger charge is -2.19. The number of nitrogens with zero attached hydrogens (tertiary/aromatic N) is 1. The van der Waals surface area contributed by atoms with Crippen LogP contribution in [0.1, 0.15) is 10.4 Å². The van der Waals surface area contributed by atoms with Crippen molar-refractivity contribution in [2.24, 2.45) is 0 Å². The average molecular weight is 272 g/mol. The van der Waals surface area contributed by atoms with E-state index < -0.39 is 0 Å². The maximum Gasteiger partial charge on any atom is 0.260 e.